The van der Waals surface area contributed by atoms with Crippen LogP contribution in [-0.4, -0.2) is 14.7 Å². The van der Waals surface area contributed by atoms with Crippen LogP contribution >= 0.6 is 27.5 Å². The number of halogens is 2. The molecule has 1 heterocycles. The van der Waals surface area contributed by atoms with E-state index in [4.69, 9.17) is 11.6 Å². The van der Waals surface area contributed by atoms with Crippen LogP contribution in [0.3, 0.4) is 0 Å². The number of imidazole rings is 1. The lowest BCUT2D eigenvalue weighted by molar-refractivity contribution is 0.174. The van der Waals surface area contributed by atoms with E-state index in [-0.39, 0.29) is 0 Å². The van der Waals surface area contributed by atoms with Gasteiger partial charge in [-0.3, -0.25) is 0 Å². The predicted octanol–water partition coefficient (Wildman–Crippen LogP) is 3.60. The number of aromatic nitrogens is 2. The molecular formula is C13H14BrClN2O. The van der Waals surface area contributed by atoms with E-state index in [0.29, 0.717) is 11.4 Å². The van der Waals surface area contributed by atoms with Gasteiger partial charge in [0.05, 0.1) is 6.10 Å². The minimum Gasteiger partial charge on any atom is -0.388 e. The van der Waals surface area contributed by atoms with E-state index in [1.807, 2.05) is 23.8 Å². The molecule has 2 rings (SSSR count). The second kappa shape index (κ2) is 5.87. The van der Waals surface area contributed by atoms with Crippen LogP contribution in [0.15, 0.2) is 35.1 Å². The zero-order valence-electron chi connectivity index (χ0n) is 9.98. The van der Waals surface area contributed by atoms with Crippen molar-refractivity contribution in [2.45, 2.75) is 26.0 Å². The fourth-order valence-corrected chi connectivity index (χ4v) is 2.56. The summed E-state index contributed by atoms with van der Waals surface area (Å²) in [7, 11) is 0. The zero-order valence-corrected chi connectivity index (χ0v) is 12.3. The molecule has 3 nitrogen and oxygen atoms in total. The molecule has 0 amide bonds. The third kappa shape index (κ3) is 2.94. The van der Waals surface area contributed by atoms with Gasteiger partial charge in [-0.2, -0.15) is 0 Å². The highest BCUT2D eigenvalue weighted by Gasteiger charge is 2.15. The highest BCUT2D eigenvalue weighted by Crippen LogP contribution is 2.28. The molecule has 18 heavy (non-hydrogen) atoms. The third-order valence-electron chi connectivity index (χ3n) is 2.84. The summed E-state index contributed by atoms with van der Waals surface area (Å²) in [6.45, 7) is 2.89. The Bertz CT molecular complexity index is 542. The van der Waals surface area contributed by atoms with E-state index in [2.05, 4.69) is 20.9 Å². The predicted molar refractivity (Wildman–Crippen MR) is 75.7 cm³/mol. The lowest BCUT2D eigenvalue weighted by Crippen LogP contribution is -2.08. The fourth-order valence-electron chi connectivity index (χ4n) is 1.87. The molecule has 1 aromatic carbocycles. The molecule has 1 atom stereocenters. The van der Waals surface area contributed by atoms with E-state index in [1.54, 1.807) is 18.3 Å². The maximum atomic E-state index is 10.3. The number of aryl methyl sites for hydroxylation is 1. The third-order valence-corrected chi connectivity index (χ3v) is 3.79. The second-order valence-electron chi connectivity index (χ2n) is 4.02. The SMILES string of the molecule is CCn1ccnc1CC(O)c1cc(Cl)ccc1Br. The van der Waals surface area contributed by atoms with Crippen molar-refractivity contribution >= 4 is 27.5 Å². The van der Waals surface area contributed by atoms with Crippen LogP contribution in [0.1, 0.15) is 24.4 Å². The summed E-state index contributed by atoms with van der Waals surface area (Å²) in [6, 6.07) is 5.40. The second-order valence-corrected chi connectivity index (χ2v) is 5.31. The maximum Gasteiger partial charge on any atom is 0.111 e. The summed E-state index contributed by atoms with van der Waals surface area (Å²) >= 11 is 9.37. The van der Waals surface area contributed by atoms with Crippen LogP contribution in [0.4, 0.5) is 0 Å². The highest BCUT2D eigenvalue weighted by atomic mass is 79.9. The van der Waals surface area contributed by atoms with Crippen LogP contribution in [0, 0.1) is 0 Å². The first-order chi connectivity index (χ1) is 8.61. The summed E-state index contributed by atoms with van der Waals surface area (Å²) in [6.07, 6.45) is 3.51. The molecule has 0 saturated heterocycles. The number of hydrogen-bond acceptors (Lipinski definition) is 2. The minimum absolute atomic E-state index is 0.472. The van der Waals surface area contributed by atoms with Gasteiger partial charge in [-0.1, -0.05) is 27.5 Å². The fraction of sp³-hybridized carbons (Fsp3) is 0.308. The van der Waals surface area contributed by atoms with Crippen LogP contribution in [0.5, 0.6) is 0 Å². The Hall–Kier alpha value is -0.840. The van der Waals surface area contributed by atoms with Crippen molar-refractivity contribution in [3.05, 3.63) is 51.5 Å². The molecule has 0 saturated carbocycles. The van der Waals surface area contributed by atoms with Crippen molar-refractivity contribution in [2.75, 3.05) is 0 Å². The molecular weight excluding hydrogens is 316 g/mol. The molecule has 1 aromatic heterocycles. The summed E-state index contributed by atoms with van der Waals surface area (Å²) in [5.41, 5.74) is 0.785. The first-order valence-electron chi connectivity index (χ1n) is 5.74. The Kier molecular flexibility index (Phi) is 4.43. The summed E-state index contributed by atoms with van der Waals surface area (Å²) < 4.78 is 2.87. The Morgan fingerprint density at radius 3 is 3.00 bits per heavy atom. The molecule has 0 aliphatic heterocycles. The Balaban J connectivity index is 2.21. The van der Waals surface area contributed by atoms with Crippen molar-refractivity contribution in [1.82, 2.24) is 9.55 Å². The molecule has 0 fully saturated rings. The molecule has 1 unspecified atom stereocenters. The minimum atomic E-state index is -0.620. The van der Waals surface area contributed by atoms with Crippen LogP contribution in [0.2, 0.25) is 5.02 Å². The number of aliphatic hydroxyl groups excluding tert-OH is 1. The van der Waals surface area contributed by atoms with E-state index in [1.165, 1.54) is 0 Å². The molecule has 2 aromatic rings. The first-order valence-corrected chi connectivity index (χ1v) is 6.92. The number of benzene rings is 1. The quantitative estimate of drug-likeness (QED) is 0.931. The molecule has 0 bridgehead atoms. The van der Waals surface area contributed by atoms with Gasteiger partial charge in [0, 0.05) is 34.9 Å². The van der Waals surface area contributed by atoms with Gasteiger partial charge in [0.2, 0.25) is 0 Å². The summed E-state index contributed by atoms with van der Waals surface area (Å²) in [5, 5.41) is 10.9. The van der Waals surface area contributed by atoms with E-state index >= 15 is 0 Å². The molecule has 0 spiro atoms. The van der Waals surface area contributed by atoms with Gasteiger partial charge >= 0.3 is 0 Å². The summed E-state index contributed by atoms with van der Waals surface area (Å²) in [4.78, 5) is 4.26. The van der Waals surface area contributed by atoms with Gasteiger partial charge in [0.1, 0.15) is 5.82 Å². The molecule has 0 aliphatic carbocycles. The van der Waals surface area contributed by atoms with Crippen LogP contribution in [0.25, 0.3) is 0 Å². The highest BCUT2D eigenvalue weighted by molar-refractivity contribution is 9.10. The zero-order chi connectivity index (χ0) is 13.1. The van der Waals surface area contributed by atoms with Crippen molar-refractivity contribution in [1.29, 1.82) is 0 Å². The molecule has 0 aliphatic rings. The smallest absolute Gasteiger partial charge is 0.111 e. The van der Waals surface area contributed by atoms with E-state index in [0.717, 1.165) is 22.4 Å². The Morgan fingerprint density at radius 2 is 2.28 bits per heavy atom. The van der Waals surface area contributed by atoms with Crippen molar-refractivity contribution < 1.29 is 5.11 Å². The molecule has 96 valence electrons. The number of nitrogens with zero attached hydrogens (tertiary/aromatic N) is 2. The van der Waals surface area contributed by atoms with E-state index < -0.39 is 6.10 Å². The largest absolute Gasteiger partial charge is 0.388 e. The molecule has 0 radical (unpaired) electrons. The number of rotatable bonds is 4. The topological polar surface area (TPSA) is 38.0 Å². The number of hydrogen-bond donors (Lipinski definition) is 1. The van der Waals surface area contributed by atoms with Crippen molar-refractivity contribution in [3.63, 3.8) is 0 Å². The normalized spacial score (nSPS) is 12.7. The van der Waals surface area contributed by atoms with Crippen LogP contribution in [-0.2, 0) is 13.0 Å². The van der Waals surface area contributed by atoms with Crippen LogP contribution < -0.4 is 0 Å². The molecule has 5 heteroatoms. The average Bonchev–Trinajstić information content (AvgIpc) is 2.79. The maximum absolute atomic E-state index is 10.3. The average molecular weight is 330 g/mol. The van der Waals surface area contributed by atoms with Gasteiger partial charge in [-0.15, -0.1) is 0 Å². The first kappa shape index (κ1) is 13.6. The lowest BCUT2D eigenvalue weighted by Gasteiger charge is -2.13. The molecule has 1 N–H and O–H groups in total. The Labute approximate surface area is 120 Å². The van der Waals surface area contributed by atoms with Gasteiger partial charge < -0.3 is 9.67 Å². The monoisotopic (exact) mass is 328 g/mol. The van der Waals surface area contributed by atoms with Gasteiger partial charge in [-0.05, 0) is 30.7 Å². The summed E-state index contributed by atoms with van der Waals surface area (Å²) in [5.74, 6) is 0.872. The Morgan fingerprint density at radius 1 is 1.50 bits per heavy atom. The van der Waals surface area contributed by atoms with Gasteiger partial charge in [-0.25, -0.2) is 4.98 Å². The number of aliphatic hydroxyl groups is 1. The van der Waals surface area contributed by atoms with E-state index in [9.17, 15) is 5.11 Å². The lowest BCUT2D eigenvalue weighted by atomic mass is 10.1. The van der Waals surface area contributed by atoms with Crippen molar-refractivity contribution in [2.24, 2.45) is 0 Å². The standard InChI is InChI=1S/C13H14BrClN2O/c1-2-17-6-5-16-13(17)8-12(18)10-7-9(15)3-4-11(10)14/h3-7,12,18H,2,8H2,1H3. The van der Waals surface area contributed by atoms with Gasteiger partial charge in [0.25, 0.3) is 0 Å². The van der Waals surface area contributed by atoms with Gasteiger partial charge in [0.15, 0.2) is 0 Å². The van der Waals surface area contributed by atoms with Crippen molar-refractivity contribution in [3.8, 4) is 0 Å².